The average molecular weight is 340 g/mol. The molecule has 0 aliphatic carbocycles. The second-order valence-electron chi connectivity index (χ2n) is 6.21. The van der Waals surface area contributed by atoms with Crippen molar-refractivity contribution in [1.82, 2.24) is 10.2 Å². The summed E-state index contributed by atoms with van der Waals surface area (Å²) in [5.41, 5.74) is 1.07. The highest BCUT2D eigenvalue weighted by molar-refractivity contribution is 5.76. The van der Waals surface area contributed by atoms with Gasteiger partial charge in [-0.1, -0.05) is 30.3 Å². The minimum atomic E-state index is -0.0228. The summed E-state index contributed by atoms with van der Waals surface area (Å²) in [6, 6.07) is 17.5. The van der Waals surface area contributed by atoms with E-state index in [4.69, 9.17) is 9.47 Å². The molecule has 0 bridgehead atoms. The molecular formula is C20H24N2O3. The van der Waals surface area contributed by atoms with Gasteiger partial charge in [0.1, 0.15) is 11.5 Å². The molecule has 3 rings (SSSR count). The van der Waals surface area contributed by atoms with Gasteiger partial charge in [0, 0.05) is 26.7 Å². The molecule has 2 aromatic rings. The summed E-state index contributed by atoms with van der Waals surface area (Å²) in [5, 5.41) is 3.25. The Labute approximate surface area is 148 Å². The zero-order chi connectivity index (χ0) is 17.5. The molecule has 1 amide bonds. The number of nitrogens with zero attached hydrogens (tertiary/aromatic N) is 1. The van der Waals surface area contributed by atoms with E-state index in [0.29, 0.717) is 19.6 Å². The summed E-state index contributed by atoms with van der Waals surface area (Å²) in [6.45, 7) is 2.85. The van der Waals surface area contributed by atoms with Crippen molar-refractivity contribution < 1.29 is 14.3 Å². The quantitative estimate of drug-likeness (QED) is 0.878. The third-order valence-corrected chi connectivity index (χ3v) is 4.15. The van der Waals surface area contributed by atoms with Crippen LogP contribution >= 0.6 is 0 Å². The molecule has 0 unspecified atom stereocenters. The lowest BCUT2D eigenvalue weighted by Gasteiger charge is -2.25. The van der Waals surface area contributed by atoms with Crippen molar-refractivity contribution in [1.29, 1.82) is 0 Å². The first kappa shape index (κ1) is 17.5. The number of nitrogens with one attached hydrogen (secondary N) is 1. The molecule has 0 saturated carbocycles. The number of rotatable bonds is 6. The molecule has 1 saturated heterocycles. The van der Waals surface area contributed by atoms with Crippen molar-refractivity contribution in [3.8, 4) is 11.5 Å². The first-order chi connectivity index (χ1) is 12.2. The lowest BCUT2D eigenvalue weighted by Crippen LogP contribution is -2.41. The molecule has 132 valence electrons. The summed E-state index contributed by atoms with van der Waals surface area (Å²) in [7, 11) is 1.83. The first-order valence-electron chi connectivity index (χ1n) is 8.59. The van der Waals surface area contributed by atoms with Crippen LogP contribution in [0.4, 0.5) is 0 Å². The maximum Gasteiger partial charge on any atom is 0.225 e. The van der Waals surface area contributed by atoms with Crippen LogP contribution in [0.15, 0.2) is 54.6 Å². The van der Waals surface area contributed by atoms with E-state index in [1.165, 1.54) is 0 Å². The average Bonchev–Trinajstić information content (AvgIpc) is 2.65. The van der Waals surface area contributed by atoms with Crippen molar-refractivity contribution >= 4 is 5.91 Å². The number of hydrogen-bond donors (Lipinski definition) is 1. The fourth-order valence-corrected chi connectivity index (χ4v) is 2.75. The van der Waals surface area contributed by atoms with Gasteiger partial charge in [0.15, 0.2) is 0 Å². The Bertz CT molecular complexity index is 667. The van der Waals surface area contributed by atoms with E-state index in [1.807, 2.05) is 61.6 Å². The van der Waals surface area contributed by atoms with Crippen LogP contribution in [0.25, 0.3) is 0 Å². The SMILES string of the molecule is CN(Cc1ccc(Oc2ccccc2)cc1)C(=O)C[C@@H]1CNCCO1. The van der Waals surface area contributed by atoms with Crippen molar-refractivity contribution in [2.75, 3.05) is 26.7 Å². The van der Waals surface area contributed by atoms with Crippen LogP contribution < -0.4 is 10.1 Å². The van der Waals surface area contributed by atoms with Crippen LogP contribution in [0, 0.1) is 0 Å². The smallest absolute Gasteiger partial charge is 0.225 e. The minimum Gasteiger partial charge on any atom is -0.457 e. The van der Waals surface area contributed by atoms with Gasteiger partial charge in [0.25, 0.3) is 0 Å². The van der Waals surface area contributed by atoms with E-state index in [2.05, 4.69) is 5.32 Å². The highest BCUT2D eigenvalue weighted by Gasteiger charge is 2.19. The summed E-state index contributed by atoms with van der Waals surface area (Å²) in [4.78, 5) is 14.1. The normalized spacial score (nSPS) is 17.1. The largest absolute Gasteiger partial charge is 0.457 e. The Balaban J connectivity index is 1.50. The van der Waals surface area contributed by atoms with Crippen molar-refractivity contribution in [2.45, 2.75) is 19.1 Å². The number of amides is 1. The Kier molecular flexibility index (Phi) is 6.04. The summed E-state index contributed by atoms with van der Waals surface area (Å²) in [5.74, 6) is 1.69. The van der Waals surface area contributed by atoms with Crippen LogP contribution in [0.2, 0.25) is 0 Å². The fourth-order valence-electron chi connectivity index (χ4n) is 2.75. The monoisotopic (exact) mass is 340 g/mol. The molecule has 1 fully saturated rings. The molecule has 1 heterocycles. The number of morpholine rings is 1. The Hall–Kier alpha value is -2.37. The highest BCUT2D eigenvalue weighted by atomic mass is 16.5. The second-order valence-corrected chi connectivity index (χ2v) is 6.21. The third-order valence-electron chi connectivity index (χ3n) is 4.15. The third kappa shape index (κ3) is 5.31. The van der Waals surface area contributed by atoms with Crippen molar-refractivity contribution in [2.24, 2.45) is 0 Å². The predicted octanol–water partition coefficient (Wildman–Crippen LogP) is 2.82. The van der Waals surface area contributed by atoms with Crippen LogP contribution in [0.3, 0.4) is 0 Å². The highest BCUT2D eigenvalue weighted by Crippen LogP contribution is 2.21. The standard InChI is InChI=1S/C20H24N2O3/c1-22(20(23)13-19-14-21-11-12-24-19)15-16-7-9-18(10-8-16)25-17-5-3-2-4-6-17/h2-10,19,21H,11-15H2,1H3/t19-/m1/s1. The van der Waals surface area contributed by atoms with E-state index in [1.54, 1.807) is 4.90 Å². The van der Waals surface area contributed by atoms with Gasteiger partial charge in [-0.3, -0.25) is 4.79 Å². The van der Waals surface area contributed by atoms with Crippen LogP contribution in [0.5, 0.6) is 11.5 Å². The van der Waals surface area contributed by atoms with E-state index < -0.39 is 0 Å². The van der Waals surface area contributed by atoms with Gasteiger partial charge in [-0.05, 0) is 29.8 Å². The number of benzene rings is 2. The van der Waals surface area contributed by atoms with Crippen LogP contribution in [-0.2, 0) is 16.1 Å². The van der Waals surface area contributed by atoms with E-state index in [-0.39, 0.29) is 12.0 Å². The number of carbonyl (C=O) groups excluding carboxylic acids is 1. The Morgan fingerprint density at radius 2 is 1.88 bits per heavy atom. The van der Waals surface area contributed by atoms with Gasteiger partial charge < -0.3 is 19.7 Å². The molecule has 1 aliphatic rings. The Morgan fingerprint density at radius 3 is 2.56 bits per heavy atom. The van der Waals surface area contributed by atoms with Gasteiger partial charge in [-0.25, -0.2) is 0 Å². The summed E-state index contributed by atoms with van der Waals surface area (Å²) in [6.07, 6.45) is 0.393. The van der Waals surface area contributed by atoms with E-state index in [9.17, 15) is 4.79 Å². The number of carbonyl (C=O) groups is 1. The van der Waals surface area contributed by atoms with Crippen LogP contribution in [0.1, 0.15) is 12.0 Å². The summed E-state index contributed by atoms with van der Waals surface area (Å²) >= 11 is 0. The van der Waals surface area contributed by atoms with E-state index in [0.717, 1.165) is 30.2 Å². The minimum absolute atomic E-state index is 0.0228. The topological polar surface area (TPSA) is 50.8 Å². The van der Waals surface area contributed by atoms with Gasteiger partial charge >= 0.3 is 0 Å². The maximum atomic E-state index is 12.3. The molecule has 5 nitrogen and oxygen atoms in total. The molecule has 0 spiro atoms. The zero-order valence-corrected chi connectivity index (χ0v) is 14.5. The molecule has 1 atom stereocenters. The lowest BCUT2D eigenvalue weighted by atomic mass is 10.1. The second kappa shape index (κ2) is 8.65. The number of ether oxygens (including phenoxy) is 2. The molecule has 1 aliphatic heterocycles. The van der Waals surface area contributed by atoms with Gasteiger partial charge in [-0.15, -0.1) is 0 Å². The molecular weight excluding hydrogens is 316 g/mol. The summed E-state index contributed by atoms with van der Waals surface area (Å²) < 4.78 is 11.4. The van der Waals surface area contributed by atoms with Crippen molar-refractivity contribution in [3.05, 3.63) is 60.2 Å². The molecule has 0 aromatic heterocycles. The fraction of sp³-hybridized carbons (Fsp3) is 0.350. The van der Waals surface area contributed by atoms with E-state index >= 15 is 0 Å². The lowest BCUT2D eigenvalue weighted by molar-refractivity contribution is -0.133. The number of para-hydroxylation sites is 1. The zero-order valence-electron chi connectivity index (χ0n) is 14.5. The van der Waals surface area contributed by atoms with Gasteiger partial charge in [0.2, 0.25) is 5.91 Å². The number of hydrogen-bond acceptors (Lipinski definition) is 4. The Morgan fingerprint density at radius 1 is 1.16 bits per heavy atom. The maximum absolute atomic E-state index is 12.3. The van der Waals surface area contributed by atoms with Gasteiger partial charge in [0.05, 0.1) is 19.1 Å². The van der Waals surface area contributed by atoms with Gasteiger partial charge in [-0.2, -0.15) is 0 Å². The molecule has 1 N–H and O–H groups in total. The predicted molar refractivity (Wildman–Crippen MR) is 96.7 cm³/mol. The van der Waals surface area contributed by atoms with Crippen LogP contribution in [-0.4, -0.2) is 43.7 Å². The van der Waals surface area contributed by atoms with Crippen molar-refractivity contribution in [3.63, 3.8) is 0 Å². The molecule has 5 heteroatoms. The first-order valence-corrected chi connectivity index (χ1v) is 8.59. The molecule has 25 heavy (non-hydrogen) atoms. The molecule has 0 radical (unpaired) electrons. The molecule has 2 aromatic carbocycles.